The first-order chi connectivity index (χ1) is 37.8. The molecule has 0 saturated heterocycles. The minimum absolute atomic E-state index is 0. The van der Waals surface area contributed by atoms with E-state index in [0.717, 1.165) is 98.2 Å². The SMILES string of the molecule is C.CC1=CCN(C)CC1.CI.CN1CC=C(c2nc(-c3cccc(C(F)(F)F)c3)cn2C)CC1.Cn1cnc(-c2cccc(C(F)(F)F)c2)c1.FC(F)(F)c1cccc(-c2cnc(C3=CCN(c4ccccn4)CC3)[nH]2)c1.[I][V]([I])[I]. The Kier molecular flexibility index (Phi) is 28.5. The number of halogens is 13. The van der Waals surface area contributed by atoms with Crippen LogP contribution < -0.4 is 4.90 Å². The molecule has 3 aliphatic rings. The van der Waals surface area contributed by atoms with E-state index < -0.39 is 35.2 Å². The van der Waals surface area contributed by atoms with E-state index in [4.69, 9.17) is 0 Å². The van der Waals surface area contributed by atoms with E-state index in [1.807, 2.05) is 34.7 Å². The van der Waals surface area contributed by atoms with Crippen LogP contribution in [-0.2, 0) is 37.5 Å². The van der Waals surface area contributed by atoms with Gasteiger partial charge in [0.1, 0.15) is 17.5 Å². The third-order valence-corrected chi connectivity index (χ3v) is 12.5. The molecule has 0 saturated carbocycles. The van der Waals surface area contributed by atoms with Crippen LogP contribution in [0.3, 0.4) is 0 Å². The van der Waals surface area contributed by atoms with Gasteiger partial charge in [0.05, 0.1) is 46.3 Å². The van der Waals surface area contributed by atoms with Crippen molar-refractivity contribution < 1.29 is 44.4 Å². The van der Waals surface area contributed by atoms with Crippen molar-refractivity contribution in [1.29, 1.82) is 0 Å². The number of likely N-dealkylation sites (N-methyl/N-ethyl adjacent to an activating group) is 2. The molecule has 0 amide bonds. The minimum atomic E-state index is -4.36. The zero-order valence-electron chi connectivity index (χ0n) is 44.5. The number of hydrogen-bond acceptors (Lipinski definition) is 7. The third kappa shape index (κ3) is 22.6. The van der Waals surface area contributed by atoms with E-state index in [-0.39, 0.29) is 12.3 Å². The molecule has 0 spiro atoms. The molecule has 0 fully saturated rings. The zero-order valence-corrected chi connectivity index (χ0v) is 54.6. The van der Waals surface area contributed by atoms with Crippen LogP contribution in [0.15, 0.2) is 146 Å². The van der Waals surface area contributed by atoms with Crippen LogP contribution in [0.1, 0.15) is 62.0 Å². The van der Waals surface area contributed by atoms with Crippen molar-refractivity contribution in [2.75, 3.05) is 63.2 Å². The van der Waals surface area contributed by atoms with Gasteiger partial charge in [0, 0.05) is 88.6 Å². The van der Waals surface area contributed by atoms with Crippen LogP contribution in [0.25, 0.3) is 44.9 Å². The van der Waals surface area contributed by atoms with Crippen molar-refractivity contribution in [1.82, 2.24) is 43.9 Å². The van der Waals surface area contributed by atoms with Crippen molar-refractivity contribution in [2.45, 2.75) is 52.1 Å². The van der Waals surface area contributed by atoms with E-state index in [1.165, 1.54) is 31.2 Å². The van der Waals surface area contributed by atoms with Crippen molar-refractivity contribution in [3.63, 3.8) is 0 Å². The molecule has 0 atom stereocenters. The van der Waals surface area contributed by atoms with Gasteiger partial charge < -0.3 is 28.8 Å². The van der Waals surface area contributed by atoms with Gasteiger partial charge in [-0.1, -0.05) is 96.3 Å². The number of rotatable bonds is 6. The molecule has 0 bridgehead atoms. The molecule has 7 aromatic rings. The number of nitrogens with one attached hydrogen (secondary N) is 1. The Bertz CT molecular complexity index is 3130. The Balaban J connectivity index is 0.000000237. The Morgan fingerprint density at radius 1 is 0.568 bits per heavy atom. The second-order valence-corrected chi connectivity index (χ2v) is 53.8. The van der Waals surface area contributed by atoms with Gasteiger partial charge in [-0.3, -0.25) is 0 Å². The van der Waals surface area contributed by atoms with E-state index in [1.54, 1.807) is 66.5 Å². The average molecular weight is 1620 g/mol. The van der Waals surface area contributed by atoms with Gasteiger partial charge in [0.2, 0.25) is 0 Å². The van der Waals surface area contributed by atoms with Gasteiger partial charge in [-0.25, -0.2) is 19.9 Å². The van der Waals surface area contributed by atoms with Crippen LogP contribution in [0, 0.1) is 0 Å². The number of aryl methyl sites for hydroxylation is 2. The van der Waals surface area contributed by atoms with Crippen LogP contribution in [0.5, 0.6) is 0 Å². The quantitative estimate of drug-likeness (QED) is 0.0768. The summed E-state index contributed by atoms with van der Waals surface area (Å²) in [6.45, 7) is 7.92. The van der Waals surface area contributed by atoms with Crippen molar-refractivity contribution in [2.24, 2.45) is 14.1 Å². The Hall–Kier alpha value is -3.75. The molecule has 0 unspecified atom stereocenters. The fourth-order valence-electron chi connectivity index (χ4n) is 8.15. The number of aromatic nitrogens is 7. The molecule has 24 heteroatoms. The number of nitrogens with zero attached hydrogens (tertiary/aromatic N) is 9. The summed E-state index contributed by atoms with van der Waals surface area (Å²) >= 11 is 9.54. The molecule has 3 aliphatic heterocycles. The molecule has 1 N–H and O–H groups in total. The van der Waals surface area contributed by atoms with Crippen LogP contribution >= 0.6 is 82.5 Å². The predicted octanol–water partition coefficient (Wildman–Crippen LogP) is 17.3. The van der Waals surface area contributed by atoms with Gasteiger partial charge in [-0.05, 0) is 105 Å². The topological polar surface area (TPSA) is 86.9 Å². The van der Waals surface area contributed by atoms with Gasteiger partial charge >= 0.3 is 83.4 Å². The zero-order chi connectivity index (χ0) is 58.8. The summed E-state index contributed by atoms with van der Waals surface area (Å²) in [7, 11) is 7.85. The first-order valence-electron chi connectivity index (χ1n) is 24.7. The van der Waals surface area contributed by atoms with Crippen molar-refractivity contribution >= 4 is 99.5 Å². The number of H-pyrrole nitrogens is 1. The summed E-state index contributed by atoms with van der Waals surface area (Å²) in [5, 5.41) is 0. The maximum atomic E-state index is 12.9. The Morgan fingerprint density at radius 3 is 1.54 bits per heavy atom. The Labute approximate surface area is 520 Å². The molecule has 7 heterocycles. The summed E-state index contributed by atoms with van der Waals surface area (Å²) in [6.07, 6.45) is 4.77. The number of benzene rings is 3. The molecule has 81 heavy (non-hydrogen) atoms. The summed E-state index contributed by atoms with van der Waals surface area (Å²) in [4.78, 5) is 28.8. The normalized spacial score (nSPS) is 14.8. The fraction of sp³-hybridized carbons (Fsp3) is 0.333. The summed E-state index contributed by atoms with van der Waals surface area (Å²) in [5.41, 5.74) is 4.86. The molecule has 10 rings (SSSR count). The second-order valence-electron chi connectivity index (χ2n) is 18.5. The molecular weight excluding hydrogens is 1550 g/mol. The fourth-order valence-corrected chi connectivity index (χ4v) is 8.15. The van der Waals surface area contributed by atoms with Gasteiger partial charge in [-0.2, -0.15) is 39.5 Å². The predicted molar refractivity (Wildman–Crippen MR) is 340 cm³/mol. The number of hydrogen-bond donors (Lipinski definition) is 1. The number of anilines is 1. The second kappa shape index (κ2) is 33.1. The van der Waals surface area contributed by atoms with E-state index in [2.05, 4.69) is 161 Å². The standard InChI is InChI=1S/C20H17F3N4.C17H18F3N3.C11H9F3N2.C7H13N.CH3I.CH4.3HI.V/c21-20(22,23)16-5-3-4-15(12-16)17-13-25-19(26-17)14-7-10-27(11-8-14)18-6-1-2-9-24-18;1-22-8-6-12(7-9-22)16-21-15(11-23(16)2)13-4-3-5-14(10-13)17(18,19)20;1-16-6-10(15-7-16)8-3-2-4-9(5-8)11(12,13)14;1-7-3-5-8(2)6-4-7;1-2;;;;;/h1-7,9,12-13H,8,10-11H2,(H,25,26);3-6,10-11H,7-9H2,1-2H3;2-7H,1H3;3H,4-6H2,1-2H3;1H3;1H4;3*1H;/q;;;;;;;;;+3/p-3. The molecule has 10 nitrogen and oxygen atoms in total. The molecular formula is C57H64F9I4N10V. The van der Waals surface area contributed by atoms with E-state index in [0.29, 0.717) is 46.1 Å². The number of alkyl halides is 10. The van der Waals surface area contributed by atoms with E-state index >= 15 is 0 Å². The Morgan fingerprint density at radius 2 is 1.09 bits per heavy atom. The van der Waals surface area contributed by atoms with Crippen LogP contribution in [0.2, 0.25) is 0 Å². The number of pyridine rings is 1. The van der Waals surface area contributed by atoms with Gasteiger partial charge in [0.15, 0.2) is 0 Å². The molecule has 0 radical (unpaired) electrons. The third-order valence-electron chi connectivity index (χ3n) is 12.5. The molecule has 0 aliphatic carbocycles. The number of imidazole rings is 3. The van der Waals surface area contributed by atoms with Gasteiger partial charge in [-0.15, -0.1) is 0 Å². The molecule has 4 aromatic heterocycles. The summed E-state index contributed by atoms with van der Waals surface area (Å²) in [5.74, 6) is 2.45. The summed E-state index contributed by atoms with van der Waals surface area (Å²) < 4.78 is 118. The average Bonchev–Trinajstić information content (AvgIpc) is 4.28. The molecule has 3 aromatic carbocycles. The van der Waals surface area contributed by atoms with Gasteiger partial charge in [0.25, 0.3) is 0 Å². The van der Waals surface area contributed by atoms with Crippen molar-refractivity contribution in [3.05, 3.63) is 174 Å². The monoisotopic (exact) mass is 1620 g/mol. The number of aromatic amines is 1. The molecule has 438 valence electrons. The summed E-state index contributed by atoms with van der Waals surface area (Å²) in [6, 6.07) is 21.5. The first-order valence-corrected chi connectivity index (χ1v) is 40.3. The van der Waals surface area contributed by atoms with E-state index in [9.17, 15) is 39.5 Å². The van der Waals surface area contributed by atoms with Crippen LogP contribution in [-0.4, -0.2) is 102 Å². The van der Waals surface area contributed by atoms with Crippen LogP contribution in [0.4, 0.5) is 45.3 Å². The first kappa shape index (κ1) is 69.7. The maximum absolute atomic E-state index is 12.9. The van der Waals surface area contributed by atoms with Crippen molar-refractivity contribution in [3.8, 4) is 33.8 Å².